The summed E-state index contributed by atoms with van der Waals surface area (Å²) in [6.07, 6.45) is 0. The Morgan fingerprint density at radius 3 is 2.48 bits per heavy atom. The highest BCUT2D eigenvalue weighted by molar-refractivity contribution is 7.18. The molecule has 4 rings (SSSR count). The number of piperazine rings is 1. The number of aromatic nitrogens is 1. The molecule has 1 saturated heterocycles. The average Bonchev–Trinajstić information content (AvgIpc) is 3.12. The van der Waals surface area contributed by atoms with Crippen LogP contribution in [-0.2, 0) is 11.3 Å². The first kappa shape index (κ1) is 20.0. The topological polar surface area (TPSA) is 48.5 Å². The Labute approximate surface area is 176 Å². The van der Waals surface area contributed by atoms with Gasteiger partial charge in [0.2, 0.25) is 5.91 Å². The first-order valence-electron chi connectivity index (χ1n) is 10.3. The van der Waals surface area contributed by atoms with Crippen molar-refractivity contribution in [2.75, 3.05) is 38.0 Å². The fourth-order valence-corrected chi connectivity index (χ4v) is 4.80. The zero-order valence-corrected chi connectivity index (χ0v) is 17.9. The van der Waals surface area contributed by atoms with Crippen LogP contribution in [-0.4, -0.2) is 53.4 Å². The molecule has 152 valence electrons. The van der Waals surface area contributed by atoms with Crippen molar-refractivity contribution in [1.82, 2.24) is 14.8 Å². The molecule has 3 aromatic rings. The molecule has 0 bridgehead atoms. The molecule has 6 heteroatoms. The average molecular weight is 409 g/mol. The summed E-state index contributed by atoms with van der Waals surface area (Å²) in [5, 5.41) is 4.27. The third kappa shape index (κ3) is 5.01. The van der Waals surface area contributed by atoms with Gasteiger partial charge in [0.1, 0.15) is 5.01 Å². The number of carbonyl (C=O) groups excluding carboxylic acids is 1. The lowest BCUT2D eigenvalue weighted by Gasteiger charge is -2.33. The minimum atomic E-state index is 0.0673. The second-order valence-corrected chi connectivity index (χ2v) is 9.03. The molecule has 2 aromatic carbocycles. The lowest BCUT2D eigenvalue weighted by molar-refractivity contribution is -0.117. The summed E-state index contributed by atoms with van der Waals surface area (Å²) in [6.45, 7) is 9.37. The Balaban J connectivity index is 1.27. The van der Waals surface area contributed by atoms with Gasteiger partial charge in [0, 0.05) is 31.9 Å². The highest BCUT2D eigenvalue weighted by Gasteiger charge is 2.20. The molecule has 0 radical (unpaired) electrons. The fraction of sp³-hybridized carbons (Fsp3) is 0.391. The van der Waals surface area contributed by atoms with Crippen LogP contribution in [0.25, 0.3) is 10.2 Å². The van der Waals surface area contributed by atoms with Crippen LogP contribution in [0.2, 0.25) is 0 Å². The van der Waals surface area contributed by atoms with Crippen LogP contribution in [0.15, 0.2) is 48.5 Å². The number of anilines is 1. The van der Waals surface area contributed by atoms with Crippen LogP contribution >= 0.6 is 11.3 Å². The number of nitrogens with zero attached hydrogens (tertiary/aromatic N) is 3. The minimum absolute atomic E-state index is 0.0673. The van der Waals surface area contributed by atoms with Crippen molar-refractivity contribution >= 4 is 33.1 Å². The normalized spacial score (nSPS) is 15.8. The Morgan fingerprint density at radius 1 is 1.03 bits per heavy atom. The third-order valence-corrected chi connectivity index (χ3v) is 6.41. The number of fused-ring (bicyclic) bond motifs is 1. The van der Waals surface area contributed by atoms with Crippen LogP contribution in [0.4, 0.5) is 5.69 Å². The van der Waals surface area contributed by atoms with Gasteiger partial charge in [0.15, 0.2) is 0 Å². The molecule has 1 N–H and O–H groups in total. The molecule has 0 unspecified atom stereocenters. The van der Waals surface area contributed by atoms with Gasteiger partial charge in [-0.1, -0.05) is 44.2 Å². The largest absolute Gasteiger partial charge is 0.325 e. The van der Waals surface area contributed by atoms with Crippen molar-refractivity contribution in [2.45, 2.75) is 26.3 Å². The monoisotopic (exact) mass is 408 g/mol. The predicted octanol–water partition coefficient (Wildman–Crippen LogP) is 4.18. The van der Waals surface area contributed by atoms with Crippen molar-refractivity contribution < 1.29 is 4.79 Å². The van der Waals surface area contributed by atoms with Crippen LogP contribution in [0.1, 0.15) is 30.3 Å². The highest BCUT2D eigenvalue weighted by atomic mass is 32.1. The van der Waals surface area contributed by atoms with E-state index in [2.05, 4.69) is 53.2 Å². The van der Waals surface area contributed by atoms with Gasteiger partial charge in [-0.2, -0.15) is 0 Å². The Kier molecular flexibility index (Phi) is 6.23. The van der Waals surface area contributed by atoms with E-state index in [1.807, 2.05) is 24.3 Å². The van der Waals surface area contributed by atoms with E-state index in [4.69, 9.17) is 4.98 Å². The van der Waals surface area contributed by atoms with Gasteiger partial charge in [0.25, 0.3) is 0 Å². The maximum atomic E-state index is 12.6. The SMILES string of the molecule is CC(C)c1ccccc1NC(=O)CN1CCN(Cc2nc3ccccc3s2)CC1. The molecular weight excluding hydrogens is 380 g/mol. The molecule has 1 aromatic heterocycles. The molecule has 1 fully saturated rings. The van der Waals surface area contributed by atoms with Crippen LogP contribution in [0.3, 0.4) is 0 Å². The summed E-state index contributed by atoms with van der Waals surface area (Å²) in [4.78, 5) is 22.0. The van der Waals surface area contributed by atoms with Crippen molar-refractivity contribution in [3.05, 3.63) is 59.1 Å². The van der Waals surface area contributed by atoms with E-state index in [-0.39, 0.29) is 5.91 Å². The van der Waals surface area contributed by atoms with E-state index in [9.17, 15) is 4.79 Å². The van der Waals surface area contributed by atoms with E-state index >= 15 is 0 Å². The van der Waals surface area contributed by atoms with Gasteiger partial charge in [-0.25, -0.2) is 4.98 Å². The summed E-state index contributed by atoms with van der Waals surface area (Å²) in [7, 11) is 0. The molecule has 1 aliphatic rings. The number of rotatable bonds is 6. The van der Waals surface area contributed by atoms with Gasteiger partial charge in [-0.15, -0.1) is 11.3 Å². The van der Waals surface area contributed by atoms with Gasteiger partial charge in [-0.3, -0.25) is 14.6 Å². The van der Waals surface area contributed by atoms with Crippen molar-refractivity contribution in [3.63, 3.8) is 0 Å². The van der Waals surface area contributed by atoms with E-state index in [1.165, 1.54) is 15.3 Å². The summed E-state index contributed by atoms with van der Waals surface area (Å²) in [5.41, 5.74) is 3.20. The molecule has 1 amide bonds. The van der Waals surface area contributed by atoms with Crippen LogP contribution < -0.4 is 5.32 Å². The maximum absolute atomic E-state index is 12.6. The first-order valence-corrected chi connectivity index (χ1v) is 11.1. The number of benzene rings is 2. The van der Waals surface area contributed by atoms with E-state index in [1.54, 1.807) is 11.3 Å². The summed E-state index contributed by atoms with van der Waals surface area (Å²) < 4.78 is 1.25. The number of carbonyl (C=O) groups is 1. The Hall–Kier alpha value is -2.28. The molecule has 0 aliphatic carbocycles. The lowest BCUT2D eigenvalue weighted by atomic mass is 10.0. The van der Waals surface area contributed by atoms with Gasteiger partial charge in [0.05, 0.1) is 23.3 Å². The fourth-order valence-electron chi connectivity index (χ4n) is 3.79. The van der Waals surface area contributed by atoms with Gasteiger partial charge in [-0.05, 0) is 29.7 Å². The molecule has 0 atom stereocenters. The Morgan fingerprint density at radius 2 is 1.72 bits per heavy atom. The molecule has 5 nitrogen and oxygen atoms in total. The number of hydrogen-bond acceptors (Lipinski definition) is 5. The molecule has 29 heavy (non-hydrogen) atoms. The zero-order valence-electron chi connectivity index (χ0n) is 17.1. The number of thiazole rings is 1. The summed E-state index contributed by atoms with van der Waals surface area (Å²) in [6, 6.07) is 16.4. The summed E-state index contributed by atoms with van der Waals surface area (Å²) in [5.74, 6) is 0.454. The van der Waals surface area contributed by atoms with Crippen molar-refractivity contribution in [3.8, 4) is 0 Å². The van der Waals surface area contributed by atoms with Crippen LogP contribution in [0.5, 0.6) is 0 Å². The zero-order chi connectivity index (χ0) is 20.2. The third-order valence-electron chi connectivity index (χ3n) is 5.39. The molecular formula is C23H28N4OS. The van der Waals surface area contributed by atoms with Gasteiger partial charge >= 0.3 is 0 Å². The number of amides is 1. The van der Waals surface area contributed by atoms with E-state index < -0.39 is 0 Å². The molecule has 2 heterocycles. The second kappa shape index (κ2) is 9.03. The van der Waals surface area contributed by atoms with Crippen molar-refractivity contribution in [2.24, 2.45) is 0 Å². The quantitative estimate of drug-likeness (QED) is 0.665. The van der Waals surface area contributed by atoms with Crippen LogP contribution in [0, 0.1) is 0 Å². The lowest BCUT2D eigenvalue weighted by Crippen LogP contribution is -2.48. The van der Waals surface area contributed by atoms with Crippen molar-refractivity contribution in [1.29, 1.82) is 0 Å². The first-order chi connectivity index (χ1) is 14.1. The number of hydrogen-bond donors (Lipinski definition) is 1. The second-order valence-electron chi connectivity index (χ2n) is 7.92. The standard InChI is InChI=1S/C23H28N4OS/c1-17(2)18-7-3-4-8-19(18)24-22(28)15-26-11-13-27(14-12-26)16-23-25-20-9-5-6-10-21(20)29-23/h3-10,17H,11-16H2,1-2H3,(H,24,28). The predicted molar refractivity (Wildman–Crippen MR) is 120 cm³/mol. The molecule has 0 spiro atoms. The minimum Gasteiger partial charge on any atom is -0.325 e. The number of para-hydroxylation sites is 2. The summed E-state index contributed by atoms with van der Waals surface area (Å²) >= 11 is 1.78. The smallest absolute Gasteiger partial charge is 0.238 e. The Bertz CT molecular complexity index is 943. The molecule has 1 aliphatic heterocycles. The van der Waals surface area contributed by atoms with Gasteiger partial charge < -0.3 is 5.32 Å². The highest BCUT2D eigenvalue weighted by Crippen LogP contribution is 2.24. The van der Waals surface area contributed by atoms with E-state index in [0.29, 0.717) is 12.5 Å². The molecule has 0 saturated carbocycles. The maximum Gasteiger partial charge on any atom is 0.238 e. The number of nitrogens with one attached hydrogen (secondary N) is 1. The van der Waals surface area contributed by atoms with E-state index in [0.717, 1.165) is 43.9 Å².